The first-order valence-electron chi connectivity index (χ1n) is 31.0. The first kappa shape index (κ1) is 86.8. The monoisotopic (exact) mass is 1350 g/mol. The van der Waals surface area contributed by atoms with E-state index in [0.717, 1.165) is 44.6 Å². The van der Waals surface area contributed by atoms with Gasteiger partial charge in [-0.1, -0.05) is 225 Å². The molecular weight excluding hydrogens is 1240 g/mol. The molecule has 5 aliphatic carbocycles. The number of fused-ring (bicyclic) bond motifs is 4. The summed E-state index contributed by atoms with van der Waals surface area (Å²) in [6.07, 6.45) is 19.4. The van der Waals surface area contributed by atoms with Gasteiger partial charge in [0, 0.05) is 104 Å². The summed E-state index contributed by atoms with van der Waals surface area (Å²) >= 11 is 0. The average molecular weight is 1360 g/mol. The second-order valence-electron chi connectivity index (χ2n) is 22.5. The van der Waals surface area contributed by atoms with Gasteiger partial charge in [-0.2, -0.15) is 13.2 Å². The number of alkyl halides is 3. The zero-order valence-corrected chi connectivity index (χ0v) is 59.4. The fraction of sp³-hybridized carbons (Fsp3) is 0.634. The Bertz CT molecular complexity index is 2250. The third-order valence-electron chi connectivity index (χ3n) is 16.2. The first-order chi connectivity index (χ1) is 39.1. The summed E-state index contributed by atoms with van der Waals surface area (Å²) in [5, 5.41) is 0. The van der Waals surface area contributed by atoms with Gasteiger partial charge in [0.1, 0.15) is 5.75 Å². The molecule has 2 radical (unpaired) electrons. The third kappa shape index (κ3) is 29.5. The van der Waals surface area contributed by atoms with E-state index < -0.39 is 42.2 Å². The van der Waals surface area contributed by atoms with Gasteiger partial charge in [0.05, 0.1) is 36.9 Å². The number of amides is 4. The number of halogens is 3. The molecule has 2 heterocycles. The quantitative estimate of drug-likeness (QED) is 0.0577. The van der Waals surface area contributed by atoms with E-state index >= 15 is 0 Å². The number of imide groups is 2. The van der Waals surface area contributed by atoms with Gasteiger partial charge in [-0.25, -0.2) is 4.79 Å². The summed E-state index contributed by atoms with van der Waals surface area (Å²) in [6.45, 7) is 26.2. The van der Waals surface area contributed by atoms with Crippen molar-refractivity contribution in [3.05, 3.63) is 106 Å². The van der Waals surface area contributed by atoms with E-state index in [9.17, 15) is 41.9 Å². The van der Waals surface area contributed by atoms with Crippen LogP contribution < -0.4 is 4.74 Å². The fourth-order valence-electron chi connectivity index (χ4n) is 10.5. The van der Waals surface area contributed by atoms with Crippen LogP contribution in [0.2, 0.25) is 0 Å². The van der Waals surface area contributed by atoms with E-state index in [0.29, 0.717) is 24.3 Å². The van der Waals surface area contributed by atoms with Crippen LogP contribution in [0.4, 0.5) is 13.2 Å². The second-order valence-corrected chi connectivity index (χ2v) is 22.5. The van der Waals surface area contributed by atoms with Crippen LogP contribution >= 0.6 is 0 Å². The van der Waals surface area contributed by atoms with Crippen molar-refractivity contribution < 1.29 is 117 Å². The minimum absolute atomic E-state index is 0. The van der Waals surface area contributed by atoms with E-state index in [1.807, 2.05) is 27.7 Å². The number of esters is 1. The van der Waals surface area contributed by atoms with Gasteiger partial charge in [0.25, 0.3) is 0 Å². The van der Waals surface area contributed by atoms with Crippen molar-refractivity contribution in [2.24, 2.45) is 47.3 Å². The first-order valence-corrected chi connectivity index (χ1v) is 31.0. The van der Waals surface area contributed by atoms with E-state index in [1.165, 1.54) is 127 Å². The van der Waals surface area contributed by atoms with Crippen molar-refractivity contribution >= 4 is 41.5 Å². The number of ketones is 1. The van der Waals surface area contributed by atoms with E-state index in [1.54, 1.807) is 61.5 Å². The molecule has 2 aliphatic heterocycles. The summed E-state index contributed by atoms with van der Waals surface area (Å²) in [5.74, 6) is 0.338. The number of carbonyl (C=O) groups is 6. The molecule has 0 N–H and O–H groups in total. The topological polar surface area (TPSA) is 127 Å². The van der Waals surface area contributed by atoms with Gasteiger partial charge < -0.3 is 9.47 Å². The van der Waals surface area contributed by atoms with Crippen LogP contribution in [0.3, 0.4) is 0 Å². The van der Waals surface area contributed by atoms with Gasteiger partial charge in [0.15, 0.2) is 5.78 Å². The van der Waals surface area contributed by atoms with Gasteiger partial charge in [-0.15, -0.1) is 0 Å². The molecule has 3 aromatic rings. The molecule has 0 aromatic heterocycles. The minimum atomic E-state index is -4.13. The van der Waals surface area contributed by atoms with Gasteiger partial charge in [-0.05, 0) is 100.0 Å². The van der Waals surface area contributed by atoms with Crippen LogP contribution in [0.15, 0.2) is 72.8 Å². The van der Waals surface area contributed by atoms with Crippen LogP contribution in [-0.4, -0.2) is 78.7 Å². The number of hydrogen-bond donors (Lipinski definition) is 0. The number of rotatable bonds is 12. The standard InChI is InChI=1S/C24H25F3O4.C10H10N2O4.C10H20.C9H12.3C4H8.2C2H6.2CH4.2Y/c1-2-30-23(29)14-9-18-5-10-20(11-6-18)22(28)17-19-7-12-21(13-8-19)31-16-4-3-15-24(25,26)27;1-11-7(13)3-4(8(11)14)6-5(3)9(15)12(2)10(6)16;1-5-10-8(3)6-7(2)9(10)4;1-7-4-8(2)6-9(3)5-7;3*1-2-4-3-1;2*1-2;;;;/h5-14H,2-4,15-17H2,1H3;3-6H,1-2H3;7-10H,5-6H2,1-4H3;4-6H,1-3H3;3*1-4H2;2*1-2H3;2*1H4;;/b14-9+;;;;;;;;;;;;. The number of carbonyl (C=O) groups excluding carboxylic acids is 6. The molecule has 0 bridgehead atoms. The molecule has 86 heavy (non-hydrogen) atoms. The number of aryl methyl sites for hydroxylation is 3. The van der Waals surface area contributed by atoms with Gasteiger partial charge in [-0.3, -0.25) is 33.8 Å². The number of nitrogens with zero attached hydrogens (tertiary/aromatic N) is 2. The van der Waals surface area contributed by atoms with Crippen LogP contribution in [0, 0.1) is 68.1 Å². The van der Waals surface area contributed by atoms with Crippen molar-refractivity contribution in [2.45, 2.75) is 220 Å². The van der Waals surface area contributed by atoms with E-state index in [-0.39, 0.29) is 129 Å². The van der Waals surface area contributed by atoms with Crippen LogP contribution in [0.25, 0.3) is 6.08 Å². The largest absolute Gasteiger partial charge is 0.494 e. The van der Waals surface area contributed by atoms with Crippen molar-refractivity contribution in [3.63, 3.8) is 0 Å². The van der Waals surface area contributed by atoms with Crippen molar-refractivity contribution in [1.29, 1.82) is 0 Å². The van der Waals surface area contributed by atoms with Crippen molar-refractivity contribution in [3.8, 4) is 5.75 Å². The van der Waals surface area contributed by atoms with Gasteiger partial charge in [0.2, 0.25) is 23.6 Å². The van der Waals surface area contributed by atoms with Crippen LogP contribution in [0.5, 0.6) is 5.75 Å². The summed E-state index contributed by atoms with van der Waals surface area (Å²) < 4.78 is 46.6. The molecule has 4 unspecified atom stereocenters. The van der Waals surface area contributed by atoms with E-state index in [2.05, 4.69) is 66.7 Å². The molecule has 10 nitrogen and oxygen atoms in total. The maximum Gasteiger partial charge on any atom is 0.389 e. The molecule has 4 amide bonds. The molecular formula is C71H111F3N2O8Y2. The Morgan fingerprint density at radius 3 is 1.28 bits per heavy atom. The Morgan fingerprint density at radius 1 is 0.593 bits per heavy atom. The maximum atomic E-state index is 12.5. The third-order valence-corrected chi connectivity index (χ3v) is 16.2. The number of likely N-dealkylation sites (tertiary alicyclic amines) is 2. The predicted molar refractivity (Wildman–Crippen MR) is 340 cm³/mol. The summed E-state index contributed by atoms with van der Waals surface area (Å²) in [4.78, 5) is 72.7. The Balaban J connectivity index is -0.00000104. The molecule has 0 spiro atoms. The molecule has 15 heteroatoms. The number of Topliss-reactive ketones (excluding diaryl/α,β-unsaturated/α-hetero) is 1. The minimum Gasteiger partial charge on any atom is -0.494 e. The number of ether oxygens (including phenoxy) is 2. The van der Waals surface area contributed by atoms with E-state index in [4.69, 9.17) is 9.47 Å². The zero-order chi connectivity index (χ0) is 61.5. The molecule has 2 saturated heterocycles. The zero-order valence-electron chi connectivity index (χ0n) is 53.7. The molecule has 7 fully saturated rings. The molecule has 10 rings (SSSR count). The molecule has 480 valence electrons. The van der Waals surface area contributed by atoms with Crippen LogP contribution in [0.1, 0.15) is 224 Å². The average Bonchev–Trinajstić information content (AvgIpc) is 1.56. The molecule has 5 saturated carbocycles. The van der Waals surface area contributed by atoms with Crippen molar-refractivity contribution in [2.75, 3.05) is 27.3 Å². The van der Waals surface area contributed by atoms with Crippen LogP contribution in [-0.2, 0) is 101 Å². The fourth-order valence-corrected chi connectivity index (χ4v) is 10.5. The normalized spacial score (nSPS) is 21.9. The molecule has 3 aromatic carbocycles. The maximum absolute atomic E-state index is 12.5. The molecule has 4 atom stereocenters. The smallest absolute Gasteiger partial charge is 0.389 e. The predicted octanol–water partition coefficient (Wildman–Crippen LogP) is 18.2. The Hall–Kier alpha value is -3.38. The summed E-state index contributed by atoms with van der Waals surface area (Å²) in [7, 11) is 2.80. The Morgan fingerprint density at radius 2 is 0.977 bits per heavy atom. The summed E-state index contributed by atoms with van der Waals surface area (Å²) in [6, 6.07) is 20.4. The number of hydrogen-bond acceptors (Lipinski definition) is 8. The summed E-state index contributed by atoms with van der Waals surface area (Å²) in [5.41, 5.74) is 6.20. The van der Waals surface area contributed by atoms with Crippen molar-refractivity contribution in [1.82, 2.24) is 9.80 Å². The SMILES string of the molecule is C.C.C1CCC1.C1CCC1.C1CCC1.CC.CC.CCC1C(C)CC(C)C1C.CCOC(=O)/C=C/c1ccc(C(=O)Cc2ccc(OCCCCC(F)(F)F)cc2)cc1.CN1C(=O)C2C(C1=O)C1C(=O)N(C)C(=O)C21.Cc1cc(C)cc(C)c1.[Y].[Y]. The molecule has 7 aliphatic rings. The Kier molecular flexibility index (Phi) is 47.1. The van der Waals surface area contributed by atoms with Gasteiger partial charge >= 0.3 is 12.1 Å². The number of benzene rings is 3. The second kappa shape index (κ2) is 46.7. The Labute approximate surface area is 569 Å². The number of unbranched alkanes of at least 4 members (excludes halogenated alkanes) is 1.